The molecule has 1 amide bonds. The molecule has 0 bridgehead atoms. The first kappa shape index (κ1) is 27.7. The highest BCUT2D eigenvalue weighted by Crippen LogP contribution is 2.63. The molecule has 4 aromatic rings. The van der Waals surface area contributed by atoms with E-state index in [0.717, 1.165) is 18.4 Å². The summed E-state index contributed by atoms with van der Waals surface area (Å²) in [5, 5.41) is 18.8. The number of hydrogen-bond acceptors (Lipinski definition) is 6. The maximum atomic E-state index is 16.3. The van der Waals surface area contributed by atoms with Gasteiger partial charge in [-0.2, -0.15) is 5.10 Å². The smallest absolute Gasteiger partial charge is 0.339 e. The number of aromatic nitrogens is 2. The minimum absolute atomic E-state index is 0.0403. The average Bonchev–Trinajstić information content (AvgIpc) is 3.66. The maximum Gasteiger partial charge on any atom is 0.339 e. The Morgan fingerprint density at radius 2 is 2.02 bits per heavy atom. The molecule has 1 aromatic heterocycles. The summed E-state index contributed by atoms with van der Waals surface area (Å²) in [5.41, 5.74) is 0.646. The first-order chi connectivity index (χ1) is 21.2. The largest absolute Gasteiger partial charge is 0.496 e. The molecule has 4 atom stereocenters. The number of carboxylic acids is 1. The van der Waals surface area contributed by atoms with E-state index in [-0.39, 0.29) is 28.3 Å². The van der Waals surface area contributed by atoms with Crippen LogP contribution in [-0.4, -0.2) is 58.0 Å². The van der Waals surface area contributed by atoms with Gasteiger partial charge in [-0.1, -0.05) is 41.4 Å². The number of rotatable bonds is 5. The standard InChI is InChI=1S/C32H27Cl2FN4O5/c1-43-25-13-18-22(12-19(25)30(40)41)37-39-28-24(9-10-44-29(18)39)38(14-15-5-6-15)32(26(28)17-3-2-4-21(34)27(17)35)20-8-7-16(33)11-23(20)36-31(32)42/h2-4,7-8,11-13,15,24,26,28H,5-6,9-10,14H2,1H3,(H,36,42)(H,40,41)/t24-,26-,28+,32+/m0/s1. The van der Waals surface area contributed by atoms with E-state index < -0.39 is 29.3 Å². The summed E-state index contributed by atoms with van der Waals surface area (Å²) in [5.74, 6) is -1.83. The number of carbonyl (C=O) groups is 2. The second-order valence-corrected chi connectivity index (χ2v) is 12.8. The topological polar surface area (TPSA) is 106 Å². The van der Waals surface area contributed by atoms with Gasteiger partial charge in [0.05, 0.1) is 35.7 Å². The SMILES string of the molecule is COc1cc2c3n(nc2cc1C(=O)O)[C@@H]1[C@H](CCO3)N(CC2CC2)[C@@]2(C(=O)Nc3cc(Cl)ccc32)[C@H]1c1cccc(Cl)c1F. The number of hydrogen-bond donors (Lipinski definition) is 2. The number of carboxylic acid groups (broad SMARTS) is 1. The third kappa shape index (κ3) is 3.77. The normalized spacial score (nSPS) is 25.7. The molecule has 1 aliphatic carbocycles. The second kappa shape index (κ2) is 9.82. The summed E-state index contributed by atoms with van der Waals surface area (Å²) >= 11 is 12.8. The molecule has 1 saturated carbocycles. The molecular weight excluding hydrogens is 610 g/mol. The summed E-state index contributed by atoms with van der Waals surface area (Å²) in [7, 11) is 1.41. The van der Waals surface area contributed by atoms with Crippen molar-refractivity contribution >= 4 is 51.7 Å². The predicted molar refractivity (Wildman–Crippen MR) is 162 cm³/mol. The van der Waals surface area contributed by atoms with Crippen molar-refractivity contribution in [3.8, 4) is 11.6 Å². The van der Waals surface area contributed by atoms with Crippen molar-refractivity contribution in [1.29, 1.82) is 0 Å². The second-order valence-electron chi connectivity index (χ2n) is 11.9. The zero-order chi connectivity index (χ0) is 30.5. The number of aromatic carboxylic acids is 1. The summed E-state index contributed by atoms with van der Waals surface area (Å²) in [6.45, 7) is 0.935. The van der Waals surface area contributed by atoms with Crippen molar-refractivity contribution < 1.29 is 28.6 Å². The highest BCUT2D eigenvalue weighted by atomic mass is 35.5. The van der Waals surface area contributed by atoms with E-state index in [1.54, 1.807) is 35.0 Å². The molecule has 3 aromatic carbocycles. The van der Waals surface area contributed by atoms with Gasteiger partial charge >= 0.3 is 5.97 Å². The highest BCUT2D eigenvalue weighted by Gasteiger charge is 2.68. The van der Waals surface area contributed by atoms with Gasteiger partial charge in [-0.3, -0.25) is 9.69 Å². The number of carbonyl (C=O) groups excluding carboxylic acids is 1. The minimum Gasteiger partial charge on any atom is -0.496 e. The molecule has 4 heterocycles. The van der Waals surface area contributed by atoms with Gasteiger partial charge in [0.2, 0.25) is 11.8 Å². The van der Waals surface area contributed by atoms with Crippen LogP contribution in [0.3, 0.4) is 0 Å². The molecule has 2 N–H and O–H groups in total. The summed E-state index contributed by atoms with van der Waals surface area (Å²) in [6, 6.07) is 12.4. The number of nitrogens with one attached hydrogen (secondary N) is 1. The van der Waals surface area contributed by atoms with Crippen molar-refractivity contribution in [3.05, 3.63) is 81.1 Å². The van der Waals surface area contributed by atoms with Gasteiger partial charge in [0.1, 0.15) is 22.7 Å². The molecule has 8 rings (SSSR count). The molecule has 9 nitrogen and oxygen atoms in total. The van der Waals surface area contributed by atoms with E-state index in [2.05, 4.69) is 10.2 Å². The number of amides is 1. The number of fused-ring (bicyclic) bond motifs is 7. The fourth-order valence-corrected chi connectivity index (χ4v) is 8.06. The van der Waals surface area contributed by atoms with Crippen LogP contribution >= 0.6 is 23.2 Å². The molecule has 1 spiro atoms. The maximum absolute atomic E-state index is 16.3. The summed E-state index contributed by atoms with van der Waals surface area (Å²) < 4.78 is 29.8. The van der Waals surface area contributed by atoms with Gasteiger partial charge < -0.3 is 19.9 Å². The lowest BCUT2D eigenvalue weighted by Gasteiger charge is -2.40. The van der Waals surface area contributed by atoms with Gasteiger partial charge in [0.15, 0.2) is 0 Å². The Morgan fingerprint density at radius 1 is 1.20 bits per heavy atom. The Balaban J connectivity index is 1.45. The molecule has 4 aliphatic rings. The van der Waals surface area contributed by atoms with Crippen molar-refractivity contribution in [3.63, 3.8) is 0 Å². The third-order valence-corrected chi connectivity index (χ3v) is 10.2. The zero-order valence-electron chi connectivity index (χ0n) is 23.5. The van der Waals surface area contributed by atoms with Crippen LogP contribution in [0.5, 0.6) is 11.6 Å². The van der Waals surface area contributed by atoms with Crippen LogP contribution in [-0.2, 0) is 10.3 Å². The van der Waals surface area contributed by atoms with Crippen LogP contribution in [0.1, 0.15) is 52.7 Å². The number of halogens is 3. The van der Waals surface area contributed by atoms with Crippen LogP contribution in [0, 0.1) is 11.7 Å². The lowest BCUT2D eigenvalue weighted by Crippen LogP contribution is -2.53. The van der Waals surface area contributed by atoms with Crippen molar-refractivity contribution in [2.45, 2.75) is 42.8 Å². The molecule has 226 valence electrons. The fourth-order valence-electron chi connectivity index (χ4n) is 7.70. The molecule has 0 radical (unpaired) electrons. The van der Waals surface area contributed by atoms with Crippen LogP contribution in [0.4, 0.5) is 10.1 Å². The van der Waals surface area contributed by atoms with Crippen molar-refractivity contribution in [2.24, 2.45) is 5.92 Å². The Morgan fingerprint density at radius 3 is 2.77 bits per heavy atom. The van der Waals surface area contributed by atoms with E-state index in [9.17, 15) is 14.7 Å². The first-order valence-electron chi connectivity index (χ1n) is 14.5. The molecule has 44 heavy (non-hydrogen) atoms. The van der Waals surface area contributed by atoms with E-state index in [0.29, 0.717) is 58.5 Å². The number of anilines is 1. The van der Waals surface area contributed by atoms with E-state index in [4.69, 9.17) is 37.8 Å². The van der Waals surface area contributed by atoms with Crippen molar-refractivity contribution in [1.82, 2.24) is 14.7 Å². The summed E-state index contributed by atoms with van der Waals surface area (Å²) in [6.07, 6.45) is 2.63. The highest BCUT2D eigenvalue weighted by molar-refractivity contribution is 6.31. The molecule has 3 aliphatic heterocycles. The first-order valence-corrected chi connectivity index (χ1v) is 15.3. The molecular formula is C32H27Cl2FN4O5. The Bertz CT molecular complexity index is 1890. The van der Waals surface area contributed by atoms with Crippen LogP contribution < -0.4 is 14.8 Å². The quantitative estimate of drug-likeness (QED) is 0.267. The van der Waals surface area contributed by atoms with Crippen molar-refractivity contribution in [2.75, 3.05) is 25.6 Å². The minimum atomic E-state index is -1.31. The molecule has 2 fully saturated rings. The number of ether oxygens (including phenoxy) is 2. The lowest BCUT2D eigenvalue weighted by molar-refractivity contribution is -0.128. The monoisotopic (exact) mass is 636 g/mol. The van der Waals surface area contributed by atoms with Gasteiger partial charge in [0, 0.05) is 34.8 Å². The Hall–Kier alpha value is -3.86. The Labute approximate surface area is 261 Å². The fraction of sp³-hybridized carbons (Fsp3) is 0.344. The Kier molecular flexibility index (Phi) is 6.18. The van der Waals surface area contributed by atoms with Crippen LogP contribution in [0.2, 0.25) is 10.0 Å². The van der Waals surface area contributed by atoms with Crippen LogP contribution in [0.15, 0.2) is 48.5 Å². The van der Waals surface area contributed by atoms with E-state index in [1.165, 1.54) is 19.2 Å². The molecule has 0 unspecified atom stereocenters. The molecule has 12 heteroatoms. The predicted octanol–water partition coefficient (Wildman–Crippen LogP) is 6.24. The number of likely N-dealkylation sites (tertiary alicyclic amines) is 1. The van der Waals surface area contributed by atoms with Gasteiger partial charge in [-0.05, 0) is 61.1 Å². The summed E-state index contributed by atoms with van der Waals surface area (Å²) in [4.78, 5) is 28.9. The molecule has 1 saturated heterocycles. The lowest BCUT2D eigenvalue weighted by atomic mass is 9.73. The number of benzene rings is 3. The van der Waals surface area contributed by atoms with Gasteiger partial charge in [-0.15, -0.1) is 0 Å². The van der Waals surface area contributed by atoms with E-state index in [1.807, 2.05) is 6.07 Å². The van der Waals surface area contributed by atoms with Gasteiger partial charge in [-0.25, -0.2) is 13.9 Å². The van der Waals surface area contributed by atoms with Crippen LogP contribution in [0.25, 0.3) is 10.9 Å². The van der Waals surface area contributed by atoms with E-state index >= 15 is 4.39 Å². The average molecular weight is 637 g/mol. The zero-order valence-corrected chi connectivity index (χ0v) is 25.0. The number of methoxy groups -OCH3 is 1. The number of nitrogens with zero attached hydrogens (tertiary/aromatic N) is 3. The van der Waals surface area contributed by atoms with Gasteiger partial charge in [0.25, 0.3) is 0 Å². The third-order valence-electron chi connectivity index (χ3n) is 9.63.